The highest BCUT2D eigenvalue weighted by atomic mass is 32.2. The number of nitro groups is 1. The molecule has 8 heteroatoms. The summed E-state index contributed by atoms with van der Waals surface area (Å²) in [5, 5.41) is 11.7. The van der Waals surface area contributed by atoms with Gasteiger partial charge in [0.2, 0.25) is 0 Å². The predicted octanol–water partition coefficient (Wildman–Crippen LogP) is 4.10. The van der Waals surface area contributed by atoms with E-state index in [1.54, 1.807) is 25.3 Å². The highest BCUT2D eigenvalue weighted by Gasteiger charge is 2.17. The van der Waals surface area contributed by atoms with Crippen LogP contribution in [0.25, 0.3) is 16.9 Å². The molecule has 0 radical (unpaired) electrons. The van der Waals surface area contributed by atoms with Crippen LogP contribution >= 0.6 is 11.8 Å². The van der Waals surface area contributed by atoms with Crippen LogP contribution < -0.4 is 0 Å². The van der Waals surface area contributed by atoms with Gasteiger partial charge in [-0.2, -0.15) is 0 Å². The number of thioether (sulfide) groups is 1. The number of nitro benzene ring substituents is 1. The molecule has 138 valence electrons. The number of rotatable bonds is 7. The largest absolute Gasteiger partial charge is 0.465 e. The highest BCUT2D eigenvalue weighted by molar-refractivity contribution is 7.99. The Bertz CT molecular complexity index is 957. The molecule has 0 saturated carbocycles. The number of hydrogen-bond donors (Lipinski definition) is 0. The maximum atomic E-state index is 11.7. The van der Waals surface area contributed by atoms with Gasteiger partial charge in [0.25, 0.3) is 5.69 Å². The second-order valence-corrected chi connectivity index (χ2v) is 6.44. The number of hydrogen-bond acceptors (Lipinski definition) is 6. The highest BCUT2D eigenvalue weighted by Crippen LogP contribution is 2.31. The molecule has 3 aromatic rings. The topological polar surface area (TPSA) is 87.3 Å². The maximum absolute atomic E-state index is 11.7. The van der Waals surface area contributed by atoms with E-state index >= 15 is 0 Å². The van der Waals surface area contributed by atoms with E-state index in [1.165, 1.54) is 23.9 Å². The van der Waals surface area contributed by atoms with Gasteiger partial charge in [-0.3, -0.25) is 19.5 Å². The van der Waals surface area contributed by atoms with E-state index in [0.717, 1.165) is 5.69 Å². The molecule has 0 bridgehead atoms. The van der Waals surface area contributed by atoms with Crippen LogP contribution in [0.1, 0.15) is 6.92 Å². The summed E-state index contributed by atoms with van der Waals surface area (Å²) < 4.78 is 6.85. The van der Waals surface area contributed by atoms with Crippen LogP contribution in [-0.2, 0) is 9.53 Å². The van der Waals surface area contributed by atoms with Gasteiger partial charge in [0.1, 0.15) is 0 Å². The van der Waals surface area contributed by atoms with Crippen molar-refractivity contribution in [2.24, 2.45) is 0 Å². The number of nitrogens with zero attached hydrogens (tertiary/aromatic N) is 3. The van der Waals surface area contributed by atoms with Crippen molar-refractivity contribution in [3.05, 3.63) is 70.9 Å². The number of para-hydroxylation sites is 1. The second-order valence-electron chi connectivity index (χ2n) is 5.50. The van der Waals surface area contributed by atoms with Crippen LogP contribution in [0.4, 0.5) is 5.69 Å². The molecule has 0 N–H and O–H groups in total. The number of carbonyl (C=O) groups is 1. The van der Waals surface area contributed by atoms with Gasteiger partial charge in [-0.15, -0.1) is 0 Å². The molecule has 0 aliphatic carbocycles. The van der Waals surface area contributed by atoms with E-state index in [1.807, 2.05) is 34.9 Å². The summed E-state index contributed by atoms with van der Waals surface area (Å²) in [5.41, 5.74) is 2.23. The lowest BCUT2D eigenvalue weighted by molar-refractivity contribution is -0.384. The van der Waals surface area contributed by atoms with Gasteiger partial charge in [-0.25, -0.2) is 4.98 Å². The van der Waals surface area contributed by atoms with Crippen LogP contribution in [0.5, 0.6) is 0 Å². The molecule has 0 aliphatic rings. The van der Waals surface area contributed by atoms with Gasteiger partial charge in [0.05, 0.1) is 29.2 Å². The van der Waals surface area contributed by atoms with Gasteiger partial charge in [0, 0.05) is 23.4 Å². The summed E-state index contributed by atoms with van der Waals surface area (Å²) in [7, 11) is 0. The lowest BCUT2D eigenvalue weighted by Crippen LogP contribution is -2.08. The van der Waals surface area contributed by atoms with Crippen molar-refractivity contribution in [2.75, 3.05) is 12.4 Å². The number of ether oxygens (including phenoxy) is 1. The average molecular weight is 383 g/mol. The van der Waals surface area contributed by atoms with E-state index < -0.39 is 4.92 Å². The van der Waals surface area contributed by atoms with Crippen LogP contribution in [0, 0.1) is 10.1 Å². The van der Waals surface area contributed by atoms with Crippen molar-refractivity contribution in [1.82, 2.24) is 9.55 Å². The Kier molecular flexibility index (Phi) is 5.87. The first kappa shape index (κ1) is 18.7. The Morgan fingerprint density at radius 2 is 2.00 bits per heavy atom. The van der Waals surface area contributed by atoms with Crippen molar-refractivity contribution in [3.8, 4) is 16.9 Å². The monoisotopic (exact) mass is 383 g/mol. The Labute approximate surface area is 160 Å². The molecule has 0 saturated heterocycles. The summed E-state index contributed by atoms with van der Waals surface area (Å²) in [6.07, 6.45) is 1.65. The molecule has 1 heterocycles. The Balaban J connectivity index is 2.03. The summed E-state index contributed by atoms with van der Waals surface area (Å²) in [4.78, 5) is 26.8. The van der Waals surface area contributed by atoms with Gasteiger partial charge >= 0.3 is 5.97 Å². The van der Waals surface area contributed by atoms with E-state index in [9.17, 15) is 14.9 Å². The van der Waals surface area contributed by atoms with Crippen LogP contribution in [0.3, 0.4) is 0 Å². The molecule has 0 atom stereocenters. The SMILES string of the molecule is CCOC(=O)CSc1ncc(-c2cccc([N+](=O)[O-])c2)n1-c1ccccc1. The number of esters is 1. The zero-order chi connectivity index (χ0) is 19.2. The standard InChI is InChI=1S/C19H17N3O4S/c1-2-26-18(23)13-27-19-20-12-17(21(19)15-8-4-3-5-9-15)14-7-6-10-16(11-14)22(24)25/h3-12H,2,13H2,1H3. The molecule has 0 unspecified atom stereocenters. The second kappa shape index (κ2) is 8.50. The lowest BCUT2D eigenvalue weighted by atomic mass is 10.1. The summed E-state index contributed by atoms with van der Waals surface area (Å²) in [6.45, 7) is 2.08. The van der Waals surface area contributed by atoms with Crippen molar-refractivity contribution < 1.29 is 14.5 Å². The van der Waals surface area contributed by atoms with Crippen molar-refractivity contribution >= 4 is 23.4 Å². The summed E-state index contributed by atoms with van der Waals surface area (Å²) in [5.74, 6) is -0.187. The van der Waals surface area contributed by atoms with E-state index in [-0.39, 0.29) is 17.4 Å². The minimum absolute atomic E-state index is 0.00837. The molecule has 1 aromatic heterocycles. The number of aromatic nitrogens is 2. The van der Waals surface area contributed by atoms with E-state index in [0.29, 0.717) is 23.0 Å². The van der Waals surface area contributed by atoms with E-state index in [4.69, 9.17) is 4.74 Å². The third kappa shape index (κ3) is 4.35. The molecule has 0 spiro atoms. The average Bonchev–Trinajstić information content (AvgIpc) is 3.11. The third-order valence-corrected chi connectivity index (χ3v) is 4.65. The minimum Gasteiger partial charge on any atom is -0.465 e. The van der Waals surface area contributed by atoms with Crippen LogP contribution in [0.15, 0.2) is 66.0 Å². The van der Waals surface area contributed by atoms with Gasteiger partial charge in [0.15, 0.2) is 5.16 Å². The predicted molar refractivity (Wildman–Crippen MR) is 103 cm³/mol. The van der Waals surface area contributed by atoms with Crippen LogP contribution in [-0.4, -0.2) is 32.8 Å². The minimum atomic E-state index is -0.427. The van der Waals surface area contributed by atoms with Gasteiger partial charge < -0.3 is 4.74 Å². The molecule has 0 aliphatic heterocycles. The molecular weight excluding hydrogens is 366 g/mol. The molecule has 0 amide bonds. The molecular formula is C19H17N3O4S. The molecule has 0 fully saturated rings. The fourth-order valence-electron chi connectivity index (χ4n) is 2.57. The number of benzene rings is 2. The van der Waals surface area contributed by atoms with E-state index in [2.05, 4.69) is 4.98 Å². The Morgan fingerprint density at radius 1 is 1.22 bits per heavy atom. The van der Waals surface area contributed by atoms with Crippen LogP contribution in [0.2, 0.25) is 0 Å². The number of carbonyl (C=O) groups excluding carboxylic acids is 1. The van der Waals surface area contributed by atoms with Crippen molar-refractivity contribution in [3.63, 3.8) is 0 Å². The lowest BCUT2D eigenvalue weighted by Gasteiger charge is -2.12. The first-order chi connectivity index (χ1) is 13.1. The van der Waals surface area contributed by atoms with Crippen molar-refractivity contribution in [2.45, 2.75) is 12.1 Å². The number of imidazole rings is 1. The Morgan fingerprint density at radius 3 is 2.70 bits per heavy atom. The first-order valence-electron chi connectivity index (χ1n) is 8.26. The van der Waals surface area contributed by atoms with Gasteiger partial charge in [-0.05, 0) is 19.1 Å². The maximum Gasteiger partial charge on any atom is 0.316 e. The quantitative estimate of drug-likeness (QED) is 0.264. The summed E-state index contributed by atoms with van der Waals surface area (Å²) in [6, 6.07) is 15.9. The Hall–Kier alpha value is -3.13. The zero-order valence-corrected chi connectivity index (χ0v) is 15.4. The summed E-state index contributed by atoms with van der Waals surface area (Å²) >= 11 is 1.26. The van der Waals surface area contributed by atoms with Gasteiger partial charge in [-0.1, -0.05) is 42.1 Å². The molecule has 2 aromatic carbocycles. The molecule has 3 rings (SSSR count). The fraction of sp³-hybridized carbons (Fsp3) is 0.158. The number of non-ortho nitro benzene ring substituents is 1. The smallest absolute Gasteiger partial charge is 0.316 e. The normalized spacial score (nSPS) is 10.6. The van der Waals surface area contributed by atoms with Crippen molar-refractivity contribution in [1.29, 1.82) is 0 Å². The molecule has 7 nitrogen and oxygen atoms in total. The molecule has 27 heavy (non-hydrogen) atoms. The zero-order valence-electron chi connectivity index (χ0n) is 14.6. The fourth-order valence-corrected chi connectivity index (χ4v) is 3.36. The third-order valence-electron chi connectivity index (χ3n) is 3.72. The first-order valence-corrected chi connectivity index (χ1v) is 9.25.